The van der Waals surface area contributed by atoms with Crippen molar-refractivity contribution in [3.8, 4) is 0 Å². The summed E-state index contributed by atoms with van der Waals surface area (Å²) in [5.41, 5.74) is 0.875. The third-order valence-electron chi connectivity index (χ3n) is 2.45. The fraction of sp³-hybridized carbons (Fsp3) is 0.583. The third kappa shape index (κ3) is 4.47. The first kappa shape index (κ1) is 13.4. The van der Waals surface area contributed by atoms with E-state index in [0.717, 1.165) is 5.56 Å². The van der Waals surface area contributed by atoms with Crippen LogP contribution >= 0.6 is 12.4 Å². The number of pyridine rings is 1. The van der Waals surface area contributed by atoms with Crippen LogP contribution in [0.2, 0.25) is 0 Å². The summed E-state index contributed by atoms with van der Waals surface area (Å²) in [6.45, 7) is 4.75. The summed E-state index contributed by atoms with van der Waals surface area (Å²) in [5.74, 6) is 0. The van der Waals surface area contributed by atoms with Gasteiger partial charge in [0.25, 0.3) is 0 Å². The van der Waals surface area contributed by atoms with Crippen LogP contribution < -0.4 is 5.32 Å². The molecule has 0 radical (unpaired) electrons. The van der Waals surface area contributed by atoms with Crippen molar-refractivity contribution in [1.29, 1.82) is 0 Å². The van der Waals surface area contributed by atoms with Crippen LogP contribution in [0.25, 0.3) is 0 Å². The van der Waals surface area contributed by atoms with Crippen LogP contribution in [0, 0.1) is 0 Å². The molecule has 1 saturated carbocycles. The van der Waals surface area contributed by atoms with Gasteiger partial charge in [0.1, 0.15) is 5.72 Å². The molecule has 3 nitrogen and oxygen atoms in total. The summed E-state index contributed by atoms with van der Waals surface area (Å²) < 4.78 is 5.82. The number of hydrogen-bond donors (Lipinski definition) is 1. The fourth-order valence-electron chi connectivity index (χ4n) is 1.51. The first-order valence-electron chi connectivity index (χ1n) is 5.46. The maximum atomic E-state index is 5.82. The van der Waals surface area contributed by atoms with Crippen molar-refractivity contribution in [2.75, 3.05) is 0 Å². The molecule has 1 fully saturated rings. The molecule has 0 aliphatic heterocycles. The second-order valence-corrected chi connectivity index (χ2v) is 4.58. The van der Waals surface area contributed by atoms with Gasteiger partial charge >= 0.3 is 0 Å². The molecule has 1 aliphatic rings. The summed E-state index contributed by atoms with van der Waals surface area (Å²) in [7, 11) is 0. The lowest BCUT2D eigenvalue weighted by atomic mass is 10.2. The van der Waals surface area contributed by atoms with Gasteiger partial charge in [0.05, 0.1) is 6.61 Å². The Morgan fingerprint density at radius 1 is 1.50 bits per heavy atom. The molecular formula is C12H19ClN2O. The maximum absolute atomic E-state index is 5.82. The van der Waals surface area contributed by atoms with Gasteiger partial charge in [-0.3, -0.25) is 10.3 Å². The molecule has 0 atom stereocenters. The summed E-state index contributed by atoms with van der Waals surface area (Å²) in [6, 6.07) is 4.62. The highest BCUT2D eigenvalue weighted by Gasteiger charge is 2.29. The molecule has 16 heavy (non-hydrogen) atoms. The highest BCUT2D eigenvalue weighted by Crippen LogP contribution is 2.23. The SMILES string of the molecule is CC(C)(NC1CC1)OCc1cccnc1.Cl. The first-order chi connectivity index (χ1) is 7.16. The Labute approximate surface area is 103 Å². The Morgan fingerprint density at radius 3 is 2.81 bits per heavy atom. The van der Waals surface area contributed by atoms with Crippen LogP contribution in [0.4, 0.5) is 0 Å². The minimum absolute atomic E-state index is 0. The van der Waals surface area contributed by atoms with E-state index in [9.17, 15) is 0 Å². The predicted octanol–water partition coefficient (Wildman–Crippen LogP) is 2.51. The van der Waals surface area contributed by atoms with Crippen LogP contribution in [0.1, 0.15) is 32.3 Å². The van der Waals surface area contributed by atoms with E-state index < -0.39 is 0 Å². The van der Waals surface area contributed by atoms with Crippen molar-refractivity contribution >= 4 is 12.4 Å². The van der Waals surface area contributed by atoms with Gasteiger partial charge in [-0.2, -0.15) is 0 Å². The lowest BCUT2D eigenvalue weighted by Crippen LogP contribution is -2.43. The topological polar surface area (TPSA) is 34.1 Å². The van der Waals surface area contributed by atoms with Crippen LogP contribution in [-0.2, 0) is 11.3 Å². The number of hydrogen-bond acceptors (Lipinski definition) is 3. The molecule has 1 N–H and O–H groups in total. The van der Waals surface area contributed by atoms with Crippen LogP contribution in [0.3, 0.4) is 0 Å². The smallest absolute Gasteiger partial charge is 0.114 e. The van der Waals surface area contributed by atoms with Gasteiger partial charge in [-0.15, -0.1) is 12.4 Å². The van der Waals surface area contributed by atoms with E-state index in [0.29, 0.717) is 12.6 Å². The molecule has 0 aromatic carbocycles. The van der Waals surface area contributed by atoms with Crippen molar-refractivity contribution in [3.05, 3.63) is 30.1 Å². The molecule has 0 bridgehead atoms. The molecule has 0 unspecified atom stereocenters. The Balaban J connectivity index is 0.00000128. The zero-order chi connectivity index (χ0) is 10.7. The van der Waals surface area contributed by atoms with E-state index >= 15 is 0 Å². The number of nitrogens with zero attached hydrogens (tertiary/aromatic N) is 1. The molecule has 0 spiro atoms. The van der Waals surface area contributed by atoms with Crippen molar-refractivity contribution in [2.45, 2.75) is 45.1 Å². The lowest BCUT2D eigenvalue weighted by molar-refractivity contribution is -0.0553. The monoisotopic (exact) mass is 242 g/mol. The maximum Gasteiger partial charge on any atom is 0.114 e. The minimum atomic E-state index is -0.239. The van der Waals surface area contributed by atoms with Gasteiger partial charge in [-0.05, 0) is 38.3 Å². The summed E-state index contributed by atoms with van der Waals surface area (Å²) in [4.78, 5) is 4.06. The van der Waals surface area contributed by atoms with Gasteiger partial charge in [0, 0.05) is 18.4 Å². The predicted molar refractivity (Wildman–Crippen MR) is 66.5 cm³/mol. The van der Waals surface area contributed by atoms with Crippen LogP contribution in [0.15, 0.2) is 24.5 Å². The molecule has 0 saturated heterocycles. The molecule has 1 heterocycles. The van der Waals surface area contributed by atoms with E-state index in [2.05, 4.69) is 24.1 Å². The highest BCUT2D eigenvalue weighted by atomic mass is 35.5. The summed E-state index contributed by atoms with van der Waals surface area (Å²) in [6.07, 6.45) is 6.17. The highest BCUT2D eigenvalue weighted by molar-refractivity contribution is 5.85. The van der Waals surface area contributed by atoms with Crippen molar-refractivity contribution in [3.63, 3.8) is 0 Å². The summed E-state index contributed by atoms with van der Waals surface area (Å²) in [5, 5.41) is 3.46. The van der Waals surface area contributed by atoms with E-state index in [-0.39, 0.29) is 18.1 Å². The minimum Gasteiger partial charge on any atom is -0.357 e. The van der Waals surface area contributed by atoms with E-state index in [1.807, 2.05) is 18.3 Å². The van der Waals surface area contributed by atoms with Gasteiger partial charge < -0.3 is 4.74 Å². The third-order valence-corrected chi connectivity index (χ3v) is 2.45. The number of ether oxygens (including phenoxy) is 1. The quantitative estimate of drug-likeness (QED) is 0.806. The standard InChI is InChI=1S/C12H18N2O.ClH/c1-12(2,14-11-5-6-11)15-9-10-4-3-7-13-8-10;/h3-4,7-8,11,14H,5-6,9H2,1-2H3;1H. The normalized spacial score (nSPS) is 15.6. The van der Waals surface area contributed by atoms with Gasteiger partial charge in [-0.25, -0.2) is 0 Å². The van der Waals surface area contributed by atoms with Gasteiger partial charge in [0.2, 0.25) is 0 Å². The second-order valence-electron chi connectivity index (χ2n) is 4.58. The fourth-order valence-corrected chi connectivity index (χ4v) is 1.51. The van der Waals surface area contributed by atoms with E-state index in [1.165, 1.54) is 12.8 Å². The van der Waals surface area contributed by atoms with E-state index in [4.69, 9.17) is 4.74 Å². The number of halogens is 1. The second kappa shape index (κ2) is 5.62. The van der Waals surface area contributed by atoms with Crippen molar-refractivity contribution < 1.29 is 4.74 Å². The van der Waals surface area contributed by atoms with E-state index in [1.54, 1.807) is 6.20 Å². The molecule has 4 heteroatoms. The summed E-state index contributed by atoms with van der Waals surface area (Å²) >= 11 is 0. The zero-order valence-corrected chi connectivity index (χ0v) is 10.6. The van der Waals surface area contributed by atoms with Crippen LogP contribution in [0.5, 0.6) is 0 Å². The number of nitrogens with one attached hydrogen (secondary N) is 1. The average Bonchev–Trinajstić information content (AvgIpc) is 3.00. The lowest BCUT2D eigenvalue weighted by Gasteiger charge is -2.26. The molecule has 2 rings (SSSR count). The molecule has 1 aromatic rings. The number of rotatable bonds is 5. The zero-order valence-electron chi connectivity index (χ0n) is 9.77. The van der Waals surface area contributed by atoms with Gasteiger partial charge in [0.15, 0.2) is 0 Å². The van der Waals surface area contributed by atoms with Crippen molar-refractivity contribution in [1.82, 2.24) is 10.3 Å². The Kier molecular flexibility index (Phi) is 4.71. The Bertz CT molecular complexity index is 312. The number of aromatic nitrogens is 1. The Morgan fingerprint density at radius 2 is 2.25 bits per heavy atom. The Hall–Kier alpha value is -0.640. The van der Waals surface area contributed by atoms with Crippen LogP contribution in [-0.4, -0.2) is 16.8 Å². The van der Waals surface area contributed by atoms with Gasteiger partial charge in [-0.1, -0.05) is 6.07 Å². The molecule has 0 amide bonds. The van der Waals surface area contributed by atoms with Crippen molar-refractivity contribution in [2.24, 2.45) is 0 Å². The average molecular weight is 243 g/mol. The molecule has 90 valence electrons. The first-order valence-corrected chi connectivity index (χ1v) is 5.46. The molecular weight excluding hydrogens is 224 g/mol. The largest absolute Gasteiger partial charge is 0.357 e. The molecule has 1 aromatic heterocycles. The molecule has 1 aliphatic carbocycles.